The molecule has 0 aliphatic carbocycles. The number of unbranched alkanes of at least 4 members (excludes halogenated alkanes) is 2. The molecule has 1 aromatic carbocycles. The molecule has 0 aromatic heterocycles. The van der Waals surface area contributed by atoms with Crippen LogP contribution in [0.3, 0.4) is 0 Å². The predicted molar refractivity (Wildman–Crippen MR) is 271 cm³/mol. The highest BCUT2D eigenvalue weighted by Crippen LogP contribution is 2.29. The zero-order valence-electron chi connectivity index (χ0n) is 43.9. The van der Waals surface area contributed by atoms with E-state index in [1.807, 2.05) is 65.0 Å². The van der Waals surface area contributed by atoms with E-state index in [0.29, 0.717) is 82.8 Å². The average molecular weight is 952 g/mol. The number of benzene rings is 1. The molecule has 0 bridgehead atoms. The lowest BCUT2D eigenvalue weighted by Gasteiger charge is -2.33. The molecule has 2 aliphatic heterocycles. The van der Waals surface area contributed by atoms with E-state index in [1.54, 1.807) is 9.80 Å². The third-order valence-electron chi connectivity index (χ3n) is 13.9. The number of carbonyl (C=O) groups excluding carboxylic acids is 6. The number of aliphatic hydroxyl groups is 1. The topological polar surface area (TPSA) is 180 Å². The smallest absolute Gasteiger partial charge is 0.243 e. The minimum Gasteiger partial charge on any atom is -0.390 e. The Morgan fingerprint density at radius 3 is 2.10 bits per heavy atom. The van der Waals surface area contributed by atoms with Gasteiger partial charge in [0.2, 0.25) is 35.4 Å². The summed E-state index contributed by atoms with van der Waals surface area (Å²) in [5, 5.41) is 23.7. The number of rotatable bonds is 24. The predicted octanol–water partition coefficient (Wildman–Crippen LogP) is 6.77. The Morgan fingerprint density at radius 2 is 1.49 bits per heavy atom. The quantitative estimate of drug-likeness (QED) is 0.0705. The highest BCUT2D eigenvalue weighted by Gasteiger charge is 2.41. The molecule has 2 heterocycles. The molecule has 0 radical (unpaired) electrons. The summed E-state index contributed by atoms with van der Waals surface area (Å²) in [6, 6.07) is 4.96. The molecule has 2 aliphatic rings. The highest BCUT2D eigenvalue weighted by atomic mass is 16.3. The van der Waals surface area contributed by atoms with Gasteiger partial charge in [0.1, 0.15) is 24.2 Å². The van der Waals surface area contributed by atoms with Crippen LogP contribution in [-0.2, 0) is 35.2 Å². The largest absolute Gasteiger partial charge is 0.390 e. The summed E-state index contributed by atoms with van der Waals surface area (Å²) in [5.41, 5.74) is 0.243. The van der Waals surface area contributed by atoms with Gasteiger partial charge in [0.15, 0.2) is 0 Å². The van der Waals surface area contributed by atoms with Crippen LogP contribution in [-0.4, -0.2) is 131 Å². The number of likely N-dealkylation sites (tertiary alicyclic amines) is 1. The Kier molecular flexibility index (Phi) is 25.6. The second-order valence-electron chi connectivity index (χ2n) is 21.7. The van der Waals surface area contributed by atoms with Gasteiger partial charge in [-0.3, -0.25) is 28.8 Å². The molecule has 14 heteroatoms. The summed E-state index contributed by atoms with van der Waals surface area (Å²) in [4.78, 5) is 91.1. The van der Waals surface area contributed by atoms with E-state index >= 15 is 0 Å². The molecule has 68 heavy (non-hydrogen) atoms. The van der Waals surface area contributed by atoms with Crippen LogP contribution in [0.4, 0.5) is 0 Å². The summed E-state index contributed by atoms with van der Waals surface area (Å²) in [7, 11) is 0. The monoisotopic (exact) mass is 952 g/mol. The number of carbonyl (C=O) groups is 6. The summed E-state index contributed by atoms with van der Waals surface area (Å²) < 4.78 is 0. The first-order chi connectivity index (χ1) is 32.3. The minimum atomic E-state index is -1.17. The summed E-state index contributed by atoms with van der Waals surface area (Å²) in [6.07, 6.45) is 7.98. The molecule has 1 aromatic rings. The zero-order valence-corrected chi connectivity index (χ0v) is 43.9. The van der Waals surface area contributed by atoms with E-state index in [1.165, 1.54) is 0 Å². The zero-order chi connectivity index (χ0) is 50.4. The van der Waals surface area contributed by atoms with E-state index in [2.05, 4.69) is 60.8 Å². The van der Waals surface area contributed by atoms with Crippen LogP contribution in [0.5, 0.6) is 0 Å². The van der Waals surface area contributed by atoms with Gasteiger partial charge in [-0.05, 0) is 133 Å². The van der Waals surface area contributed by atoms with Gasteiger partial charge in [-0.25, -0.2) is 0 Å². The van der Waals surface area contributed by atoms with Crippen molar-refractivity contribution in [3.05, 3.63) is 35.9 Å². The van der Waals surface area contributed by atoms with E-state index in [0.717, 1.165) is 57.3 Å². The average Bonchev–Trinajstić information content (AvgIpc) is 3.79. The fraction of sp³-hybridized carbons (Fsp3) is 0.778. The molecular weight excluding hydrogens is 859 g/mol. The van der Waals surface area contributed by atoms with E-state index in [9.17, 15) is 33.9 Å². The van der Waals surface area contributed by atoms with E-state index in [4.69, 9.17) is 0 Å². The van der Waals surface area contributed by atoms with Crippen LogP contribution < -0.4 is 21.3 Å². The van der Waals surface area contributed by atoms with Gasteiger partial charge in [-0.15, -0.1) is 0 Å². The maximum Gasteiger partial charge on any atom is 0.243 e. The Morgan fingerprint density at radius 1 is 0.809 bits per heavy atom. The molecule has 2 fully saturated rings. The lowest BCUT2D eigenvalue weighted by atomic mass is 9.88. The molecule has 5 N–H and O–H groups in total. The molecule has 0 spiro atoms. The Bertz CT molecular complexity index is 1690. The Labute approximate surface area is 410 Å². The van der Waals surface area contributed by atoms with Crippen molar-refractivity contribution in [2.24, 2.45) is 23.2 Å². The second-order valence-corrected chi connectivity index (χ2v) is 21.7. The van der Waals surface area contributed by atoms with Crippen molar-refractivity contribution in [3.63, 3.8) is 0 Å². The van der Waals surface area contributed by atoms with Crippen molar-refractivity contribution in [3.8, 4) is 0 Å². The molecule has 0 unspecified atom stereocenters. The number of hydrogen-bond acceptors (Lipinski definition) is 8. The van der Waals surface area contributed by atoms with Gasteiger partial charge in [0, 0.05) is 25.0 Å². The lowest BCUT2D eigenvalue weighted by molar-refractivity contribution is -0.146. The number of nitrogens with zero attached hydrogens (tertiary/aromatic N) is 3. The van der Waals surface area contributed by atoms with Crippen molar-refractivity contribution in [2.45, 2.75) is 208 Å². The molecule has 0 saturated carbocycles. The third kappa shape index (κ3) is 20.1. The molecule has 6 atom stereocenters. The number of nitrogens with one attached hydrogen (secondary N) is 4. The summed E-state index contributed by atoms with van der Waals surface area (Å²) >= 11 is 0. The Balaban J connectivity index is 1.96. The molecule has 3 rings (SSSR count). The maximum absolute atomic E-state index is 14.7. The normalized spacial score (nSPS) is 22.0. The number of amides is 6. The van der Waals surface area contributed by atoms with E-state index < -0.39 is 59.4 Å². The molecule has 2 saturated heterocycles. The first kappa shape index (κ1) is 58.3. The van der Waals surface area contributed by atoms with Gasteiger partial charge < -0.3 is 41.1 Å². The SMILES string of the molecule is CCCCN1CCCC[C@H](NC(=O)[C@H](CCCCN(CCC(C)C)CCC(C)C)NC(=O)[C@@H]2CCCN2C(=O)C(C)(C)CC)C(=O)N[C@@H](CC(C)C)C(=O)N[C@@H](Cc2ccccc2)[C@H](O)CC1=O. The number of aliphatic hydroxyl groups excluding tert-OH is 1. The third-order valence-corrected chi connectivity index (χ3v) is 13.9. The van der Waals surface area contributed by atoms with Crippen LogP contribution in [0.15, 0.2) is 30.3 Å². The molecular formula is C54H93N7O7. The van der Waals surface area contributed by atoms with Gasteiger partial charge in [-0.1, -0.05) is 106 Å². The standard InChI is InChI=1S/C54H93N7O7/c1-11-13-30-60-31-20-18-25-42(50(65)58-45(35-40(7)8)51(66)57-44(47(62)37-48(60)63)36-41-22-15-14-16-23-41)55-49(64)43(24-17-19-29-59(33-27-38(3)4)34-28-39(5)6)56-52(67)46-26-21-32-61(46)53(68)54(9,10)12-2/h14-16,22-23,38-40,42-47,62H,11-13,17-21,24-37H2,1-10H3,(H,55,64)(H,56,67)(H,57,66)(H,58,65)/t42-,43-,44-,45-,46-,47+/m0/s1. The Hall–Kier alpha value is -4.04. The van der Waals surface area contributed by atoms with Gasteiger partial charge in [-0.2, -0.15) is 0 Å². The fourth-order valence-corrected chi connectivity index (χ4v) is 9.02. The van der Waals surface area contributed by atoms with Crippen LogP contribution in [0.1, 0.15) is 171 Å². The molecule has 386 valence electrons. The van der Waals surface area contributed by atoms with Gasteiger partial charge in [0.05, 0.1) is 18.6 Å². The fourth-order valence-electron chi connectivity index (χ4n) is 9.02. The van der Waals surface area contributed by atoms with Crippen LogP contribution in [0.25, 0.3) is 0 Å². The van der Waals surface area contributed by atoms with Crippen molar-refractivity contribution in [2.75, 3.05) is 39.3 Å². The van der Waals surface area contributed by atoms with Crippen LogP contribution in [0.2, 0.25) is 0 Å². The first-order valence-electron chi connectivity index (χ1n) is 26.5. The molecule has 6 amide bonds. The highest BCUT2D eigenvalue weighted by molar-refractivity contribution is 5.96. The van der Waals surface area contributed by atoms with Crippen LogP contribution in [0, 0.1) is 23.2 Å². The van der Waals surface area contributed by atoms with Crippen molar-refractivity contribution < 1.29 is 33.9 Å². The van der Waals surface area contributed by atoms with Crippen molar-refractivity contribution in [1.29, 1.82) is 0 Å². The van der Waals surface area contributed by atoms with Gasteiger partial charge in [0.25, 0.3) is 0 Å². The number of hydrogen-bond donors (Lipinski definition) is 5. The summed E-state index contributed by atoms with van der Waals surface area (Å²) in [6.45, 7) is 24.9. The molecule has 14 nitrogen and oxygen atoms in total. The second kappa shape index (κ2) is 29.9. The summed E-state index contributed by atoms with van der Waals surface area (Å²) in [5.74, 6) is -0.975. The minimum absolute atomic E-state index is 0.00331. The van der Waals surface area contributed by atoms with Crippen molar-refractivity contribution in [1.82, 2.24) is 36.0 Å². The maximum atomic E-state index is 14.7. The van der Waals surface area contributed by atoms with Crippen LogP contribution >= 0.6 is 0 Å². The van der Waals surface area contributed by atoms with Gasteiger partial charge >= 0.3 is 0 Å². The first-order valence-corrected chi connectivity index (χ1v) is 26.5. The van der Waals surface area contributed by atoms with Crippen molar-refractivity contribution >= 4 is 35.4 Å². The van der Waals surface area contributed by atoms with E-state index in [-0.39, 0.29) is 42.9 Å². The lowest BCUT2D eigenvalue weighted by Crippen LogP contribution is -2.59.